The lowest BCUT2D eigenvalue weighted by Crippen LogP contribution is -2.42. The molecular weight excluding hydrogens is 344 g/mol. The van der Waals surface area contributed by atoms with Crippen LogP contribution in [0.1, 0.15) is 63.4 Å². The molecule has 0 bridgehead atoms. The first-order valence-electron chi connectivity index (χ1n) is 10.0. The van der Waals surface area contributed by atoms with Gasteiger partial charge in [-0.1, -0.05) is 31.9 Å². The third-order valence-electron chi connectivity index (χ3n) is 5.72. The molecule has 1 saturated carbocycles. The van der Waals surface area contributed by atoms with Gasteiger partial charge in [-0.2, -0.15) is 0 Å². The van der Waals surface area contributed by atoms with Crippen LogP contribution in [-0.4, -0.2) is 36.7 Å². The van der Waals surface area contributed by atoms with Crippen molar-refractivity contribution in [1.29, 1.82) is 0 Å². The van der Waals surface area contributed by atoms with Crippen LogP contribution in [0.5, 0.6) is 5.75 Å². The van der Waals surface area contributed by atoms with Crippen molar-refractivity contribution < 1.29 is 18.0 Å². The first-order valence-corrected chi connectivity index (χ1v) is 12.0. The Morgan fingerprint density at radius 3 is 2.08 bits per heavy atom. The highest BCUT2D eigenvalue weighted by Crippen LogP contribution is 2.37. The fourth-order valence-corrected chi connectivity index (χ4v) is 5.75. The molecule has 0 amide bonds. The van der Waals surface area contributed by atoms with Gasteiger partial charge in [-0.3, -0.25) is 0 Å². The normalized spacial score (nSPS) is 20.9. The van der Waals surface area contributed by atoms with Crippen molar-refractivity contribution in [2.24, 2.45) is 5.92 Å². The maximum Gasteiger partial charge on any atom is 0.500 e. The number of ether oxygens (including phenoxy) is 1. The van der Waals surface area contributed by atoms with E-state index in [0.717, 1.165) is 30.1 Å². The van der Waals surface area contributed by atoms with Crippen molar-refractivity contribution >= 4 is 8.80 Å². The fourth-order valence-electron chi connectivity index (χ4n) is 4.06. The molecular formula is C21H36O4Si. The molecule has 0 spiro atoms. The van der Waals surface area contributed by atoms with Gasteiger partial charge >= 0.3 is 8.80 Å². The lowest BCUT2D eigenvalue weighted by Gasteiger charge is -2.28. The van der Waals surface area contributed by atoms with E-state index in [0.29, 0.717) is 6.61 Å². The summed E-state index contributed by atoms with van der Waals surface area (Å²) in [5.41, 5.74) is 1.47. The Kier molecular flexibility index (Phi) is 9.12. The van der Waals surface area contributed by atoms with E-state index in [2.05, 4.69) is 31.2 Å². The summed E-state index contributed by atoms with van der Waals surface area (Å²) in [6.45, 7) is 2.94. The second-order valence-electron chi connectivity index (χ2n) is 7.32. The first kappa shape index (κ1) is 21.4. The molecule has 0 aromatic heterocycles. The highest BCUT2D eigenvalue weighted by atomic mass is 28.4. The highest BCUT2D eigenvalue weighted by molar-refractivity contribution is 6.60. The zero-order valence-electron chi connectivity index (χ0n) is 17.0. The van der Waals surface area contributed by atoms with Crippen LogP contribution in [0.25, 0.3) is 0 Å². The Hall–Kier alpha value is -0.883. The van der Waals surface area contributed by atoms with Gasteiger partial charge in [-0.05, 0) is 61.6 Å². The number of hydrogen-bond donors (Lipinski definition) is 0. The van der Waals surface area contributed by atoms with Gasteiger partial charge in [0.15, 0.2) is 0 Å². The van der Waals surface area contributed by atoms with Crippen molar-refractivity contribution in [2.75, 3.05) is 27.9 Å². The summed E-state index contributed by atoms with van der Waals surface area (Å²) >= 11 is 0. The van der Waals surface area contributed by atoms with Gasteiger partial charge in [0.1, 0.15) is 5.75 Å². The Morgan fingerprint density at radius 1 is 0.923 bits per heavy atom. The van der Waals surface area contributed by atoms with Crippen LogP contribution in [0.4, 0.5) is 0 Å². The molecule has 5 heteroatoms. The molecule has 4 nitrogen and oxygen atoms in total. The summed E-state index contributed by atoms with van der Waals surface area (Å²) in [5, 5.41) is 0. The molecule has 1 aliphatic carbocycles. The molecule has 26 heavy (non-hydrogen) atoms. The van der Waals surface area contributed by atoms with E-state index in [1.165, 1.54) is 44.1 Å². The number of hydrogen-bond acceptors (Lipinski definition) is 4. The third kappa shape index (κ3) is 6.08. The monoisotopic (exact) mass is 380 g/mol. The minimum atomic E-state index is -2.48. The van der Waals surface area contributed by atoms with Gasteiger partial charge in [0.25, 0.3) is 0 Å². The van der Waals surface area contributed by atoms with Crippen LogP contribution in [-0.2, 0) is 13.3 Å². The Balaban J connectivity index is 1.74. The summed E-state index contributed by atoms with van der Waals surface area (Å²) in [5.74, 6) is 2.63. The van der Waals surface area contributed by atoms with Crippen LogP contribution < -0.4 is 4.74 Å². The van der Waals surface area contributed by atoms with Gasteiger partial charge in [-0.25, -0.2) is 0 Å². The highest BCUT2D eigenvalue weighted by Gasteiger charge is 2.36. The zero-order chi connectivity index (χ0) is 18.8. The summed E-state index contributed by atoms with van der Waals surface area (Å²) < 4.78 is 22.2. The molecule has 1 aromatic rings. The average Bonchev–Trinajstić information content (AvgIpc) is 2.70. The van der Waals surface area contributed by atoms with Crippen molar-refractivity contribution in [1.82, 2.24) is 0 Å². The molecule has 0 heterocycles. The molecule has 1 aromatic carbocycles. The SMILES string of the molecule is CCCC1CCC(c2ccc(OCCC[Si](OC)(OC)OC)cc2)CC1. The van der Waals surface area contributed by atoms with Crippen LogP contribution in [0, 0.1) is 5.92 Å². The summed E-state index contributed by atoms with van der Waals surface area (Å²) in [6, 6.07) is 9.48. The van der Waals surface area contributed by atoms with E-state index in [1.54, 1.807) is 21.3 Å². The Bertz CT molecular complexity index is 485. The Labute approximate surface area is 160 Å². The molecule has 0 radical (unpaired) electrons. The van der Waals surface area contributed by atoms with Crippen LogP contribution in [0.3, 0.4) is 0 Å². The van der Waals surface area contributed by atoms with Crippen molar-refractivity contribution in [2.45, 2.75) is 63.8 Å². The summed E-state index contributed by atoms with van der Waals surface area (Å²) in [6.07, 6.45) is 9.03. The molecule has 148 valence electrons. The lowest BCUT2D eigenvalue weighted by molar-refractivity contribution is 0.121. The van der Waals surface area contributed by atoms with Crippen molar-refractivity contribution in [3.8, 4) is 5.75 Å². The fraction of sp³-hybridized carbons (Fsp3) is 0.714. The smallest absolute Gasteiger partial charge is 0.494 e. The molecule has 0 saturated heterocycles. The van der Waals surface area contributed by atoms with E-state index in [9.17, 15) is 0 Å². The predicted molar refractivity (Wildman–Crippen MR) is 108 cm³/mol. The molecule has 2 rings (SSSR count). The molecule has 1 aliphatic rings. The van der Waals surface area contributed by atoms with E-state index in [4.69, 9.17) is 18.0 Å². The molecule has 0 N–H and O–H groups in total. The van der Waals surface area contributed by atoms with E-state index < -0.39 is 8.80 Å². The number of rotatable bonds is 11. The van der Waals surface area contributed by atoms with Crippen LogP contribution in [0.2, 0.25) is 6.04 Å². The molecule has 0 atom stereocenters. The van der Waals surface area contributed by atoms with Gasteiger partial charge in [0.2, 0.25) is 0 Å². The van der Waals surface area contributed by atoms with E-state index in [1.807, 2.05) is 0 Å². The standard InChI is InChI=1S/C21H36O4Si/c1-5-7-18-8-10-19(11-9-18)20-12-14-21(15-13-20)25-16-6-17-26(22-2,23-3)24-4/h12-15,18-19H,5-11,16-17H2,1-4H3. The van der Waals surface area contributed by atoms with Gasteiger partial charge in [0, 0.05) is 27.4 Å². The Morgan fingerprint density at radius 2 is 1.54 bits per heavy atom. The maximum absolute atomic E-state index is 5.88. The minimum Gasteiger partial charge on any atom is -0.494 e. The first-order chi connectivity index (χ1) is 12.7. The summed E-state index contributed by atoms with van der Waals surface area (Å²) in [4.78, 5) is 0. The number of benzene rings is 1. The van der Waals surface area contributed by atoms with Crippen molar-refractivity contribution in [3.05, 3.63) is 29.8 Å². The maximum atomic E-state index is 5.88. The quantitative estimate of drug-likeness (QED) is 0.380. The molecule has 0 unspecified atom stereocenters. The second kappa shape index (κ2) is 11.1. The lowest BCUT2D eigenvalue weighted by atomic mass is 9.77. The topological polar surface area (TPSA) is 36.9 Å². The van der Waals surface area contributed by atoms with Gasteiger partial charge in [0.05, 0.1) is 6.61 Å². The summed E-state index contributed by atoms with van der Waals surface area (Å²) in [7, 11) is 2.46. The van der Waals surface area contributed by atoms with Gasteiger partial charge in [-0.15, -0.1) is 0 Å². The van der Waals surface area contributed by atoms with E-state index >= 15 is 0 Å². The second-order valence-corrected chi connectivity index (χ2v) is 10.4. The van der Waals surface area contributed by atoms with Crippen LogP contribution in [0.15, 0.2) is 24.3 Å². The van der Waals surface area contributed by atoms with E-state index in [-0.39, 0.29) is 0 Å². The van der Waals surface area contributed by atoms with Crippen molar-refractivity contribution in [3.63, 3.8) is 0 Å². The molecule has 1 fully saturated rings. The van der Waals surface area contributed by atoms with Gasteiger partial charge < -0.3 is 18.0 Å². The predicted octanol–water partition coefficient (Wildman–Crippen LogP) is 5.41. The zero-order valence-corrected chi connectivity index (χ0v) is 18.0. The minimum absolute atomic E-state index is 0.645. The molecule has 0 aliphatic heterocycles. The van der Waals surface area contributed by atoms with Crippen LogP contribution >= 0.6 is 0 Å². The largest absolute Gasteiger partial charge is 0.500 e. The average molecular weight is 381 g/mol. The third-order valence-corrected chi connectivity index (χ3v) is 8.56.